The maximum atomic E-state index is 12.8. The summed E-state index contributed by atoms with van der Waals surface area (Å²) in [5.41, 5.74) is -0.0942. The lowest BCUT2D eigenvalue weighted by Gasteiger charge is -2.34. The molecular formula is C18H24N2O2. The maximum absolute atomic E-state index is 12.8. The van der Waals surface area contributed by atoms with Gasteiger partial charge in [0, 0.05) is 13.6 Å². The topological polar surface area (TPSA) is 64.3 Å². The molecule has 0 aromatic heterocycles. The number of aliphatic hydroxyl groups is 1. The molecule has 1 saturated carbocycles. The van der Waals surface area contributed by atoms with Gasteiger partial charge in [0.25, 0.3) is 0 Å². The quantitative estimate of drug-likeness (QED) is 0.929. The fourth-order valence-corrected chi connectivity index (χ4v) is 3.28. The summed E-state index contributed by atoms with van der Waals surface area (Å²) in [6, 6.07) is 9.27. The lowest BCUT2D eigenvalue weighted by atomic mass is 9.82. The van der Waals surface area contributed by atoms with Crippen LogP contribution in [0.4, 0.5) is 0 Å². The van der Waals surface area contributed by atoms with Gasteiger partial charge < -0.3 is 10.0 Å². The molecule has 4 nitrogen and oxygen atoms in total. The van der Waals surface area contributed by atoms with E-state index in [1.54, 1.807) is 30.1 Å². The van der Waals surface area contributed by atoms with Crippen LogP contribution in [0.25, 0.3) is 0 Å². The first-order chi connectivity index (χ1) is 10.3. The minimum absolute atomic E-state index is 0.0390. The normalized spacial score (nSPS) is 17.0. The third-order valence-electron chi connectivity index (χ3n) is 4.66. The minimum atomic E-state index is -0.741. The first kappa shape index (κ1) is 16.5. The number of benzene rings is 1. The van der Waals surface area contributed by atoms with Crippen LogP contribution in [0.2, 0.25) is 0 Å². The van der Waals surface area contributed by atoms with Crippen LogP contribution in [0.5, 0.6) is 0 Å². The average Bonchev–Trinajstić information content (AvgIpc) is 2.92. The summed E-state index contributed by atoms with van der Waals surface area (Å²) in [5.74, 6) is -0.0390. The predicted molar refractivity (Wildman–Crippen MR) is 85.2 cm³/mol. The van der Waals surface area contributed by atoms with Crippen molar-refractivity contribution in [1.82, 2.24) is 4.90 Å². The number of carbonyl (C=O) groups excluding carboxylic acids is 1. The van der Waals surface area contributed by atoms with Crippen LogP contribution in [-0.2, 0) is 10.2 Å². The third kappa shape index (κ3) is 3.31. The van der Waals surface area contributed by atoms with E-state index >= 15 is 0 Å². The molecular weight excluding hydrogens is 276 g/mol. The van der Waals surface area contributed by atoms with Crippen molar-refractivity contribution in [3.05, 3.63) is 35.4 Å². The maximum Gasteiger partial charge on any atom is 0.232 e. The van der Waals surface area contributed by atoms with Crippen molar-refractivity contribution in [2.75, 3.05) is 13.6 Å². The van der Waals surface area contributed by atoms with Crippen molar-refractivity contribution in [3.8, 4) is 6.07 Å². The lowest BCUT2D eigenvalue weighted by Crippen LogP contribution is -2.48. The molecule has 1 N–H and O–H groups in total. The Hall–Kier alpha value is -1.86. The van der Waals surface area contributed by atoms with Crippen molar-refractivity contribution in [2.24, 2.45) is 0 Å². The van der Waals surface area contributed by atoms with Gasteiger partial charge in [-0.2, -0.15) is 5.26 Å². The van der Waals surface area contributed by atoms with Gasteiger partial charge in [0.2, 0.25) is 5.91 Å². The van der Waals surface area contributed by atoms with Crippen molar-refractivity contribution in [2.45, 2.75) is 50.5 Å². The van der Waals surface area contributed by atoms with Gasteiger partial charge in [0.05, 0.1) is 22.6 Å². The largest absolute Gasteiger partial charge is 0.388 e. The fraction of sp³-hybridized carbons (Fsp3) is 0.556. The Morgan fingerprint density at radius 2 is 2.05 bits per heavy atom. The summed E-state index contributed by atoms with van der Waals surface area (Å²) < 4.78 is 0. The second-order valence-corrected chi connectivity index (χ2v) is 6.91. The molecule has 0 heterocycles. The monoisotopic (exact) mass is 300 g/mol. The molecule has 1 aromatic carbocycles. The molecule has 1 aliphatic carbocycles. The Balaban J connectivity index is 2.17. The third-order valence-corrected chi connectivity index (χ3v) is 4.66. The second-order valence-electron chi connectivity index (χ2n) is 6.91. The zero-order valence-electron chi connectivity index (χ0n) is 13.6. The van der Waals surface area contributed by atoms with Crippen LogP contribution in [0, 0.1) is 11.3 Å². The van der Waals surface area contributed by atoms with Gasteiger partial charge in [0.15, 0.2) is 0 Å². The van der Waals surface area contributed by atoms with Crippen molar-refractivity contribution in [3.63, 3.8) is 0 Å². The average molecular weight is 300 g/mol. The summed E-state index contributed by atoms with van der Waals surface area (Å²) in [5, 5.41) is 19.5. The first-order valence-corrected chi connectivity index (χ1v) is 7.77. The highest BCUT2D eigenvalue weighted by molar-refractivity contribution is 5.87. The number of carbonyl (C=O) groups is 1. The van der Waals surface area contributed by atoms with Gasteiger partial charge in [-0.1, -0.05) is 25.0 Å². The van der Waals surface area contributed by atoms with E-state index in [4.69, 9.17) is 5.26 Å². The van der Waals surface area contributed by atoms with E-state index < -0.39 is 11.0 Å². The van der Waals surface area contributed by atoms with E-state index in [0.29, 0.717) is 12.1 Å². The predicted octanol–water partition coefficient (Wildman–Crippen LogP) is 2.60. The summed E-state index contributed by atoms with van der Waals surface area (Å²) in [6.07, 6.45) is 3.56. The Morgan fingerprint density at radius 3 is 2.64 bits per heavy atom. The standard InChI is InChI=1S/C18H24N2O2/c1-17(2,15-8-6-7-14(11-15)12-19)16(21)20(3)13-18(22)9-4-5-10-18/h6-8,11,22H,4-5,9-10,13H2,1-3H3. The van der Waals surface area contributed by atoms with Crippen LogP contribution in [-0.4, -0.2) is 35.1 Å². The Kier molecular flexibility index (Phi) is 4.58. The molecule has 22 heavy (non-hydrogen) atoms. The molecule has 1 amide bonds. The Bertz CT molecular complexity index is 595. The lowest BCUT2D eigenvalue weighted by molar-refractivity contribution is -0.138. The van der Waals surface area contributed by atoms with E-state index in [1.807, 2.05) is 19.9 Å². The van der Waals surface area contributed by atoms with E-state index in [9.17, 15) is 9.90 Å². The molecule has 0 bridgehead atoms. The molecule has 0 saturated heterocycles. The Morgan fingerprint density at radius 1 is 1.41 bits per heavy atom. The molecule has 1 aliphatic rings. The highest BCUT2D eigenvalue weighted by Crippen LogP contribution is 2.32. The molecule has 2 rings (SSSR count). The summed E-state index contributed by atoms with van der Waals surface area (Å²) >= 11 is 0. The summed E-state index contributed by atoms with van der Waals surface area (Å²) in [4.78, 5) is 14.5. The van der Waals surface area contributed by atoms with Crippen molar-refractivity contribution >= 4 is 5.91 Å². The molecule has 0 aliphatic heterocycles. The van der Waals surface area contributed by atoms with Gasteiger partial charge in [-0.15, -0.1) is 0 Å². The van der Waals surface area contributed by atoms with Crippen LogP contribution >= 0.6 is 0 Å². The highest BCUT2D eigenvalue weighted by Gasteiger charge is 2.38. The molecule has 0 radical (unpaired) electrons. The van der Waals surface area contributed by atoms with Gasteiger partial charge >= 0.3 is 0 Å². The van der Waals surface area contributed by atoms with Gasteiger partial charge in [0.1, 0.15) is 0 Å². The zero-order valence-corrected chi connectivity index (χ0v) is 13.6. The number of likely N-dealkylation sites (N-methyl/N-ethyl adjacent to an activating group) is 1. The number of amides is 1. The van der Waals surface area contributed by atoms with Gasteiger partial charge in [-0.3, -0.25) is 4.79 Å². The minimum Gasteiger partial charge on any atom is -0.388 e. The number of hydrogen-bond acceptors (Lipinski definition) is 3. The van der Waals surface area contributed by atoms with Crippen LogP contribution in [0.1, 0.15) is 50.7 Å². The van der Waals surface area contributed by atoms with E-state index in [2.05, 4.69) is 6.07 Å². The molecule has 1 aromatic rings. The Labute approximate surface area is 132 Å². The fourth-order valence-electron chi connectivity index (χ4n) is 3.28. The molecule has 0 spiro atoms. The number of rotatable bonds is 4. The zero-order chi connectivity index (χ0) is 16.4. The molecule has 118 valence electrons. The highest BCUT2D eigenvalue weighted by atomic mass is 16.3. The first-order valence-electron chi connectivity index (χ1n) is 7.77. The van der Waals surface area contributed by atoms with Gasteiger partial charge in [-0.05, 0) is 44.4 Å². The second kappa shape index (κ2) is 6.10. The number of hydrogen-bond donors (Lipinski definition) is 1. The van der Waals surface area contributed by atoms with Gasteiger partial charge in [-0.25, -0.2) is 0 Å². The number of nitrogens with zero attached hydrogens (tertiary/aromatic N) is 2. The smallest absolute Gasteiger partial charge is 0.232 e. The molecule has 4 heteroatoms. The molecule has 0 atom stereocenters. The van der Waals surface area contributed by atoms with E-state index in [0.717, 1.165) is 31.2 Å². The SMILES string of the molecule is CN(CC1(O)CCCC1)C(=O)C(C)(C)c1cccc(C#N)c1. The number of nitriles is 1. The molecule has 0 unspecified atom stereocenters. The van der Waals surface area contributed by atoms with Crippen molar-refractivity contribution < 1.29 is 9.90 Å². The summed E-state index contributed by atoms with van der Waals surface area (Å²) in [6.45, 7) is 4.09. The van der Waals surface area contributed by atoms with Crippen LogP contribution < -0.4 is 0 Å². The van der Waals surface area contributed by atoms with Crippen LogP contribution in [0.3, 0.4) is 0 Å². The summed E-state index contributed by atoms with van der Waals surface area (Å²) in [7, 11) is 1.74. The van der Waals surface area contributed by atoms with Crippen LogP contribution in [0.15, 0.2) is 24.3 Å². The van der Waals surface area contributed by atoms with E-state index in [1.165, 1.54) is 0 Å². The van der Waals surface area contributed by atoms with Crippen molar-refractivity contribution in [1.29, 1.82) is 5.26 Å². The molecule has 1 fully saturated rings. The van der Waals surface area contributed by atoms with E-state index in [-0.39, 0.29) is 5.91 Å².